The quantitative estimate of drug-likeness (QED) is 0.736. The molecule has 1 aliphatic heterocycles. The van der Waals surface area contributed by atoms with Gasteiger partial charge in [-0.25, -0.2) is 0 Å². The smallest absolute Gasteiger partial charge is 0.241 e. The van der Waals surface area contributed by atoms with E-state index in [1.165, 1.54) is 0 Å². The van der Waals surface area contributed by atoms with Crippen molar-refractivity contribution < 1.29 is 9.53 Å². The summed E-state index contributed by atoms with van der Waals surface area (Å²) in [6.45, 7) is 11.9. The third-order valence-electron chi connectivity index (χ3n) is 3.59. The van der Waals surface area contributed by atoms with Crippen LogP contribution in [-0.4, -0.2) is 42.3 Å². The molecule has 1 amide bonds. The molecule has 3 atom stereocenters. The van der Waals surface area contributed by atoms with Crippen molar-refractivity contribution >= 4 is 5.91 Å². The maximum atomic E-state index is 12.5. The molecule has 112 valence electrons. The van der Waals surface area contributed by atoms with Gasteiger partial charge in [-0.2, -0.15) is 0 Å². The van der Waals surface area contributed by atoms with Crippen LogP contribution in [0.15, 0.2) is 0 Å². The summed E-state index contributed by atoms with van der Waals surface area (Å²) in [5, 5.41) is 3.50. The molecular formula is C15H30N2O2. The van der Waals surface area contributed by atoms with E-state index in [0.29, 0.717) is 19.1 Å². The maximum absolute atomic E-state index is 12.5. The first-order valence-electron chi connectivity index (χ1n) is 7.67. The number of nitrogens with one attached hydrogen (secondary N) is 1. The van der Waals surface area contributed by atoms with Gasteiger partial charge in [0.05, 0.1) is 24.9 Å². The molecule has 0 radical (unpaired) electrons. The minimum atomic E-state index is -0.0133. The van der Waals surface area contributed by atoms with E-state index in [1.54, 1.807) is 0 Å². The largest absolute Gasteiger partial charge is 0.380 e. The minimum absolute atomic E-state index is 0.0133. The van der Waals surface area contributed by atoms with E-state index in [2.05, 4.69) is 33.0 Å². The molecule has 0 aromatic carbocycles. The third kappa shape index (κ3) is 4.46. The summed E-state index contributed by atoms with van der Waals surface area (Å²) in [6.07, 6.45) is 3.18. The number of rotatable bonds is 8. The van der Waals surface area contributed by atoms with Crippen LogP contribution in [-0.2, 0) is 9.53 Å². The molecular weight excluding hydrogens is 240 g/mol. The normalized spacial score (nSPS) is 25.4. The van der Waals surface area contributed by atoms with Crippen LogP contribution < -0.4 is 5.32 Å². The van der Waals surface area contributed by atoms with Crippen molar-refractivity contribution in [1.29, 1.82) is 0 Å². The predicted molar refractivity (Wildman–Crippen MR) is 77.9 cm³/mol. The first-order valence-corrected chi connectivity index (χ1v) is 7.67. The van der Waals surface area contributed by atoms with Gasteiger partial charge in [0.15, 0.2) is 0 Å². The second-order valence-corrected chi connectivity index (χ2v) is 5.91. The fourth-order valence-corrected chi connectivity index (χ4v) is 2.75. The highest BCUT2D eigenvalue weighted by Gasteiger charge is 2.40. The number of hydrogen-bond acceptors (Lipinski definition) is 3. The molecule has 1 heterocycles. The molecule has 1 aliphatic rings. The third-order valence-corrected chi connectivity index (χ3v) is 3.59. The van der Waals surface area contributed by atoms with E-state index < -0.39 is 0 Å². The number of carbonyl (C=O) groups is 1. The lowest BCUT2D eigenvalue weighted by molar-refractivity contribution is -0.133. The van der Waals surface area contributed by atoms with E-state index in [-0.39, 0.29) is 24.2 Å². The Bertz CT molecular complexity index is 281. The highest BCUT2D eigenvalue weighted by atomic mass is 16.5. The van der Waals surface area contributed by atoms with Crippen molar-refractivity contribution in [2.75, 3.05) is 13.2 Å². The number of amides is 1. The molecule has 0 aliphatic carbocycles. The van der Waals surface area contributed by atoms with Gasteiger partial charge in [-0.3, -0.25) is 10.1 Å². The highest BCUT2D eigenvalue weighted by Crippen LogP contribution is 2.22. The first-order chi connectivity index (χ1) is 9.01. The zero-order chi connectivity index (χ0) is 14.4. The molecule has 1 N–H and O–H groups in total. The Morgan fingerprint density at radius 2 is 2.00 bits per heavy atom. The zero-order valence-corrected chi connectivity index (χ0v) is 13.1. The van der Waals surface area contributed by atoms with Crippen molar-refractivity contribution in [3.8, 4) is 0 Å². The van der Waals surface area contributed by atoms with Crippen LogP contribution in [0.1, 0.15) is 53.9 Å². The summed E-state index contributed by atoms with van der Waals surface area (Å²) < 4.78 is 5.48. The average Bonchev–Trinajstić information content (AvgIpc) is 2.63. The van der Waals surface area contributed by atoms with Crippen LogP contribution in [0.5, 0.6) is 0 Å². The van der Waals surface area contributed by atoms with Crippen LogP contribution in [0, 0.1) is 5.92 Å². The van der Waals surface area contributed by atoms with Crippen LogP contribution in [0.4, 0.5) is 0 Å². The van der Waals surface area contributed by atoms with E-state index in [9.17, 15) is 4.79 Å². The molecule has 0 bridgehead atoms. The van der Waals surface area contributed by atoms with E-state index in [0.717, 1.165) is 19.3 Å². The van der Waals surface area contributed by atoms with Gasteiger partial charge >= 0.3 is 0 Å². The monoisotopic (exact) mass is 270 g/mol. The standard InChI is InChI=1S/C15H30N2O2/c1-6-8-14-16-13(9-11(3)4)15(18)17(14)12(5)10-19-7-2/h11-14,16H,6-10H2,1-5H3. The number of carbonyl (C=O) groups excluding carboxylic acids is 1. The molecule has 0 aromatic heterocycles. The van der Waals surface area contributed by atoms with Gasteiger partial charge < -0.3 is 9.64 Å². The Labute approximate surface area is 117 Å². The molecule has 1 rings (SSSR count). The number of hydrogen-bond donors (Lipinski definition) is 1. The van der Waals surface area contributed by atoms with Crippen molar-refractivity contribution in [2.24, 2.45) is 5.92 Å². The molecule has 4 heteroatoms. The fourth-order valence-electron chi connectivity index (χ4n) is 2.75. The lowest BCUT2D eigenvalue weighted by atomic mass is 10.0. The Balaban J connectivity index is 2.70. The highest BCUT2D eigenvalue weighted by molar-refractivity contribution is 5.84. The molecule has 1 saturated heterocycles. The summed E-state index contributed by atoms with van der Waals surface area (Å²) in [6, 6.07) is 0.134. The predicted octanol–water partition coefficient (Wildman–Crippen LogP) is 2.38. The van der Waals surface area contributed by atoms with E-state index in [4.69, 9.17) is 4.74 Å². The van der Waals surface area contributed by atoms with Crippen LogP contribution in [0.2, 0.25) is 0 Å². The number of ether oxygens (including phenoxy) is 1. The van der Waals surface area contributed by atoms with Gasteiger partial charge in [-0.15, -0.1) is 0 Å². The zero-order valence-electron chi connectivity index (χ0n) is 13.1. The SMILES string of the molecule is CCCC1NC(CC(C)C)C(=O)N1C(C)COCC. The summed E-state index contributed by atoms with van der Waals surface area (Å²) in [4.78, 5) is 14.5. The molecule has 1 fully saturated rings. The summed E-state index contributed by atoms with van der Waals surface area (Å²) >= 11 is 0. The summed E-state index contributed by atoms with van der Waals surface area (Å²) in [5.74, 6) is 0.783. The number of nitrogens with zero attached hydrogens (tertiary/aromatic N) is 1. The second kappa shape index (κ2) is 7.85. The summed E-state index contributed by atoms with van der Waals surface area (Å²) in [7, 11) is 0. The van der Waals surface area contributed by atoms with Gasteiger partial charge in [-0.1, -0.05) is 27.2 Å². The van der Waals surface area contributed by atoms with Gasteiger partial charge in [-0.05, 0) is 32.6 Å². The molecule has 4 nitrogen and oxygen atoms in total. The molecule has 0 spiro atoms. The van der Waals surface area contributed by atoms with Gasteiger partial charge in [0.25, 0.3) is 0 Å². The Morgan fingerprint density at radius 1 is 1.32 bits per heavy atom. The van der Waals surface area contributed by atoms with Crippen LogP contribution >= 0.6 is 0 Å². The fraction of sp³-hybridized carbons (Fsp3) is 0.933. The van der Waals surface area contributed by atoms with E-state index in [1.807, 2.05) is 11.8 Å². The molecule has 0 saturated carbocycles. The molecule has 3 unspecified atom stereocenters. The van der Waals surface area contributed by atoms with E-state index >= 15 is 0 Å². The Morgan fingerprint density at radius 3 is 2.53 bits per heavy atom. The van der Waals surface area contributed by atoms with Crippen molar-refractivity contribution in [3.05, 3.63) is 0 Å². The molecule has 0 aromatic rings. The van der Waals surface area contributed by atoms with Gasteiger partial charge in [0, 0.05) is 6.61 Å². The lowest BCUT2D eigenvalue weighted by Gasteiger charge is -2.30. The van der Waals surface area contributed by atoms with Crippen molar-refractivity contribution in [1.82, 2.24) is 10.2 Å². The molecule has 19 heavy (non-hydrogen) atoms. The second-order valence-electron chi connectivity index (χ2n) is 5.91. The van der Waals surface area contributed by atoms with Crippen LogP contribution in [0.25, 0.3) is 0 Å². The maximum Gasteiger partial charge on any atom is 0.241 e. The van der Waals surface area contributed by atoms with Gasteiger partial charge in [0.2, 0.25) is 5.91 Å². The lowest BCUT2D eigenvalue weighted by Crippen LogP contribution is -2.45. The van der Waals surface area contributed by atoms with Crippen molar-refractivity contribution in [2.45, 2.75) is 72.1 Å². The minimum Gasteiger partial charge on any atom is -0.380 e. The topological polar surface area (TPSA) is 41.6 Å². The van der Waals surface area contributed by atoms with Crippen LogP contribution in [0.3, 0.4) is 0 Å². The Kier molecular flexibility index (Phi) is 6.80. The summed E-state index contributed by atoms with van der Waals surface area (Å²) in [5.41, 5.74) is 0. The van der Waals surface area contributed by atoms with Gasteiger partial charge in [0.1, 0.15) is 0 Å². The average molecular weight is 270 g/mol. The Hall–Kier alpha value is -0.610. The first kappa shape index (κ1) is 16.4. The van der Waals surface area contributed by atoms with Crippen molar-refractivity contribution in [3.63, 3.8) is 0 Å².